The number of aliphatic hydroxyl groups excluding tert-OH is 3. The van der Waals surface area contributed by atoms with E-state index in [0.717, 1.165) is 0 Å². The third kappa shape index (κ3) is 12.6. The molecule has 9 N–H and O–H groups in total. The molecule has 234 valence electrons. The summed E-state index contributed by atoms with van der Waals surface area (Å²) in [4.78, 5) is 41.7. The minimum absolute atomic E-state index is 0. The molecule has 0 bridgehead atoms. The summed E-state index contributed by atoms with van der Waals surface area (Å²) >= 11 is 0. The quantitative estimate of drug-likeness (QED) is 0.0700. The van der Waals surface area contributed by atoms with Crippen molar-refractivity contribution in [3.05, 3.63) is 57.6 Å². The van der Waals surface area contributed by atoms with Gasteiger partial charge in [0.15, 0.2) is 0 Å². The summed E-state index contributed by atoms with van der Waals surface area (Å²) in [6.07, 6.45) is -0.775. The van der Waals surface area contributed by atoms with E-state index in [1.807, 2.05) is 6.92 Å². The van der Waals surface area contributed by atoms with Gasteiger partial charge in [-0.3, -0.25) is 18.9 Å². The second kappa shape index (κ2) is 18.6. The van der Waals surface area contributed by atoms with Gasteiger partial charge in [-0.2, -0.15) is 0 Å². The Morgan fingerprint density at radius 1 is 0.762 bits per heavy atom. The van der Waals surface area contributed by atoms with Gasteiger partial charge in [0, 0.05) is 53.9 Å². The predicted octanol–water partition coefficient (Wildman–Crippen LogP) is -1.86. The second-order valence-corrected chi connectivity index (χ2v) is 12.9. The molecule has 42 heavy (non-hydrogen) atoms. The Labute approximate surface area is 278 Å². The SMILES string of the molecule is CCc1cc(CO)cc(O)c1CN(CC(CO)N(Cc1c(O)ccc(CO)c1CC)CP(=O)(O)O)CP(=O)(O)O.[Fe].[Na+]. The number of rotatable bonds is 16. The summed E-state index contributed by atoms with van der Waals surface area (Å²) in [6.45, 7) is 1.62. The largest absolute Gasteiger partial charge is 1.00 e. The number of phenolic OH excluding ortho intramolecular Hbond substituents is 2. The van der Waals surface area contributed by atoms with Crippen LogP contribution < -0.4 is 29.6 Å². The monoisotopic (exact) mass is 685 g/mol. The first-order chi connectivity index (χ1) is 18.7. The van der Waals surface area contributed by atoms with E-state index >= 15 is 0 Å². The van der Waals surface area contributed by atoms with Crippen LogP contribution in [0.5, 0.6) is 11.5 Å². The fourth-order valence-electron chi connectivity index (χ4n) is 4.84. The number of benzene rings is 2. The summed E-state index contributed by atoms with van der Waals surface area (Å²) in [6, 6.07) is 4.84. The van der Waals surface area contributed by atoms with Gasteiger partial charge in [-0.05, 0) is 47.2 Å². The Morgan fingerprint density at radius 2 is 1.38 bits per heavy atom. The van der Waals surface area contributed by atoms with Gasteiger partial charge < -0.3 is 45.1 Å². The summed E-state index contributed by atoms with van der Waals surface area (Å²) in [5.74, 6) is -0.361. The molecule has 0 amide bonds. The van der Waals surface area contributed by atoms with Crippen molar-refractivity contribution >= 4 is 15.2 Å². The smallest absolute Gasteiger partial charge is 0.508 e. The number of nitrogens with zero attached hydrogens (tertiary/aromatic N) is 2. The summed E-state index contributed by atoms with van der Waals surface area (Å²) in [5, 5.41) is 50.7. The van der Waals surface area contributed by atoms with E-state index < -0.39 is 40.4 Å². The first-order valence-corrected chi connectivity index (χ1v) is 16.3. The van der Waals surface area contributed by atoms with Gasteiger partial charge in [0.2, 0.25) is 0 Å². The van der Waals surface area contributed by atoms with Crippen molar-refractivity contribution in [2.24, 2.45) is 0 Å². The van der Waals surface area contributed by atoms with E-state index in [1.54, 1.807) is 13.0 Å². The molecule has 0 spiro atoms. The molecule has 17 heteroatoms. The Kier molecular flexibility index (Phi) is 18.4. The first-order valence-electron chi connectivity index (χ1n) is 12.7. The molecule has 0 heterocycles. The number of aryl methyl sites for hydroxylation is 1. The van der Waals surface area contributed by atoms with Gasteiger partial charge in [0.25, 0.3) is 0 Å². The molecular weight excluding hydrogens is 645 g/mol. The summed E-state index contributed by atoms with van der Waals surface area (Å²) in [5.41, 5.74) is 2.83. The maximum absolute atomic E-state index is 12.1. The van der Waals surface area contributed by atoms with Crippen LogP contribution in [0.1, 0.15) is 47.2 Å². The van der Waals surface area contributed by atoms with Gasteiger partial charge in [-0.25, -0.2) is 0 Å². The van der Waals surface area contributed by atoms with E-state index in [1.165, 1.54) is 28.0 Å². The van der Waals surface area contributed by atoms with Crippen molar-refractivity contribution in [2.45, 2.75) is 59.0 Å². The molecule has 1 unspecified atom stereocenters. The third-order valence-corrected chi connectivity index (χ3v) is 8.16. The van der Waals surface area contributed by atoms with Crippen molar-refractivity contribution in [3.8, 4) is 11.5 Å². The molecule has 0 aromatic heterocycles. The Hall–Kier alpha value is -0.341. The fraction of sp³-hybridized carbons (Fsp3) is 0.520. The number of hydrogen-bond acceptors (Lipinski definition) is 9. The van der Waals surface area contributed by atoms with Crippen LogP contribution in [0.2, 0.25) is 0 Å². The van der Waals surface area contributed by atoms with Crippen molar-refractivity contribution in [2.75, 3.05) is 25.7 Å². The van der Waals surface area contributed by atoms with Gasteiger partial charge in [-0.1, -0.05) is 26.0 Å². The van der Waals surface area contributed by atoms with Crippen molar-refractivity contribution in [1.82, 2.24) is 9.80 Å². The van der Waals surface area contributed by atoms with Crippen molar-refractivity contribution in [1.29, 1.82) is 0 Å². The van der Waals surface area contributed by atoms with Crippen LogP contribution in [0.4, 0.5) is 0 Å². The Balaban J connectivity index is 0.00000840. The predicted molar refractivity (Wildman–Crippen MR) is 147 cm³/mol. The number of hydrogen-bond donors (Lipinski definition) is 9. The van der Waals surface area contributed by atoms with Crippen LogP contribution in [0.25, 0.3) is 0 Å². The van der Waals surface area contributed by atoms with Crippen LogP contribution in [-0.4, -0.2) is 86.7 Å². The third-order valence-electron chi connectivity index (χ3n) is 6.66. The van der Waals surface area contributed by atoms with E-state index in [2.05, 4.69) is 0 Å². The molecule has 2 aromatic rings. The molecular formula is C25H40FeN2NaO11P2+. The Morgan fingerprint density at radius 3 is 1.86 bits per heavy atom. The summed E-state index contributed by atoms with van der Waals surface area (Å²) < 4.78 is 24.1. The molecule has 0 aliphatic heterocycles. The molecule has 1 atom stereocenters. The van der Waals surface area contributed by atoms with Crippen LogP contribution in [0.15, 0.2) is 24.3 Å². The van der Waals surface area contributed by atoms with E-state index in [0.29, 0.717) is 46.2 Å². The average Bonchev–Trinajstić information content (AvgIpc) is 2.86. The molecule has 0 aliphatic carbocycles. The minimum atomic E-state index is -4.72. The first kappa shape index (κ1) is 41.7. The topological polar surface area (TPSA) is 223 Å². The number of aromatic hydroxyl groups is 2. The van der Waals surface area contributed by atoms with Crippen LogP contribution in [0.3, 0.4) is 0 Å². The van der Waals surface area contributed by atoms with Gasteiger partial charge in [0.05, 0.1) is 19.8 Å². The molecule has 0 aliphatic rings. The van der Waals surface area contributed by atoms with E-state index in [-0.39, 0.29) is 91.0 Å². The molecule has 0 radical (unpaired) electrons. The average molecular weight is 685 g/mol. The molecule has 0 saturated carbocycles. The maximum atomic E-state index is 12.1. The molecule has 2 aromatic carbocycles. The zero-order valence-electron chi connectivity index (χ0n) is 23.9. The van der Waals surface area contributed by atoms with E-state index in [9.17, 15) is 54.2 Å². The maximum Gasteiger partial charge on any atom is 1.00 e. The van der Waals surface area contributed by atoms with Gasteiger partial charge in [-0.15, -0.1) is 0 Å². The molecule has 13 nitrogen and oxygen atoms in total. The van der Waals surface area contributed by atoms with Crippen molar-refractivity contribution in [3.63, 3.8) is 0 Å². The normalized spacial score (nSPS) is 12.7. The van der Waals surface area contributed by atoms with Crippen LogP contribution >= 0.6 is 15.2 Å². The van der Waals surface area contributed by atoms with Gasteiger partial charge >= 0.3 is 44.7 Å². The van der Waals surface area contributed by atoms with Crippen molar-refractivity contribution < 1.29 is 101 Å². The Bertz CT molecular complexity index is 1250. The van der Waals surface area contributed by atoms with Crippen LogP contribution in [0, 0.1) is 0 Å². The minimum Gasteiger partial charge on any atom is -0.508 e. The summed E-state index contributed by atoms with van der Waals surface area (Å²) in [7, 11) is -9.38. The van der Waals surface area contributed by atoms with Crippen LogP contribution in [-0.2, 0) is 65.3 Å². The molecule has 0 saturated heterocycles. The van der Waals surface area contributed by atoms with Gasteiger partial charge in [0.1, 0.15) is 24.1 Å². The zero-order chi connectivity index (χ0) is 30.3. The number of aliphatic hydroxyl groups is 3. The second-order valence-electron chi connectivity index (χ2n) is 9.68. The standard InChI is InChI=1S/C25H40N2O11P2.Fe.Na/c1-3-18-7-17(12-28)8-25(32)22(18)10-26(15-39(33,34)35)9-20(14-30)27(16-40(36,37)38)11-23-21(4-2)19(13-29)5-6-24(23)31;;/h5-8,20,28-32H,3-4,9-16H2,1-2H3,(H2,33,34,35)(H2,36,37,38);;/q;;+1. The van der Waals surface area contributed by atoms with E-state index in [4.69, 9.17) is 0 Å². The molecule has 0 fully saturated rings. The number of phenols is 2. The zero-order valence-corrected chi connectivity index (χ0v) is 28.8. The fourth-order valence-corrected chi connectivity index (χ4v) is 6.38. The molecule has 2 rings (SSSR count).